The smallest absolute Gasteiger partial charge is 0.0408 e. The summed E-state index contributed by atoms with van der Waals surface area (Å²) in [5, 5.41) is 0.792. The first-order chi connectivity index (χ1) is 8.22. The first-order valence-electron chi connectivity index (χ1n) is 6.33. The SMILES string of the molecule is C=CCCCCCC(N)Cc1cccc(Cl)c1. The zero-order chi connectivity index (χ0) is 12.5. The average molecular weight is 252 g/mol. The van der Waals surface area contributed by atoms with E-state index in [-0.39, 0.29) is 6.04 Å². The molecule has 17 heavy (non-hydrogen) atoms. The summed E-state index contributed by atoms with van der Waals surface area (Å²) in [6.07, 6.45) is 8.78. The Kier molecular flexibility index (Phi) is 6.99. The molecule has 0 aliphatic carbocycles. The quantitative estimate of drug-likeness (QED) is 0.540. The number of rotatable bonds is 8. The maximum atomic E-state index is 6.11. The molecule has 0 fully saturated rings. The number of halogens is 1. The van der Waals surface area contributed by atoms with E-state index in [1.807, 2.05) is 24.3 Å². The molecule has 1 aromatic carbocycles. The molecular weight excluding hydrogens is 230 g/mol. The summed E-state index contributed by atoms with van der Waals surface area (Å²) < 4.78 is 0. The van der Waals surface area contributed by atoms with E-state index in [9.17, 15) is 0 Å². The third kappa shape index (κ3) is 6.50. The first-order valence-corrected chi connectivity index (χ1v) is 6.71. The zero-order valence-corrected chi connectivity index (χ0v) is 11.1. The lowest BCUT2D eigenvalue weighted by atomic mass is 10.0. The van der Waals surface area contributed by atoms with Gasteiger partial charge in [0.1, 0.15) is 0 Å². The molecule has 1 nitrogen and oxygen atoms in total. The van der Waals surface area contributed by atoms with Gasteiger partial charge in [0.05, 0.1) is 0 Å². The number of hydrogen-bond donors (Lipinski definition) is 1. The summed E-state index contributed by atoms with van der Waals surface area (Å²) in [6, 6.07) is 8.21. The van der Waals surface area contributed by atoms with Gasteiger partial charge >= 0.3 is 0 Å². The molecule has 0 aliphatic heterocycles. The van der Waals surface area contributed by atoms with Gasteiger partial charge in [0, 0.05) is 11.1 Å². The molecule has 94 valence electrons. The molecule has 2 N–H and O–H groups in total. The highest BCUT2D eigenvalue weighted by atomic mass is 35.5. The fourth-order valence-electron chi connectivity index (χ4n) is 1.94. The van der Waals surface area contributed by atoms with Crippen LogP contribution in [0.3, 0.4) is 0 Å². The van der Waals surface area contributed by atoms with Crippen LogP contribution in [-0.4, -0.2) is 6.04 Å². The van der Waals surface area contributed by atoms with Crippen LogP contribution in [0.2, 0.25) is 5.02 Å². The predicted molar refractivity (Wildman–Crippen MR) is 76.4 cm³/mol. The van der Waals surface area contributed by atoms with Crippen molar-refractivity contribution in [1.82, 2.24) is 0 Å². The van der Waals surface area contributed by atoms with E-state index in [4.69, 9.17) is 17.3 Å². The zero-order valence-electron chi connectivity index (χ0n) is 10.4. The van der Waals surface area contributed by atoms with Crippen LogP contribution in [0.15, 0.2) is 36.9 Å². The third-order valence-corrected chi connectivity index (χ3v) is 3.11. The van der Waals surface area contributed by atoms with Gasteiger partial charge in [-0.1, -0.05) is 42.7 Å². The van der Waals surface area contributed by atoms with Gasteiger partial charge in [0.2, 0.25) is 0 Å². The molecule has 1 rings (SSSR count). The molecule has 0 saturated heterocycles. The summed E-state index contributed by atoms with van der Waals surface area (Å²) in [6.45, 7) is 3.72. The number of hydrogen-bond acceptors (Lipinski definition) is 1. The van der Waals surface area contributed by atoms with E-state index in [0.717, 1.165) is 24.3 Å². The van der Waals surface area contributed by atoms with Gasteiger partial charge in [0.15, 0.2) is 0 Å². The Morgan fingerprint density at radius 1 is 1.29 bits per heavy atom. The summed E-state index contributed by atoms with van der Waals surface area (Å²) in [4.78, 5) is 0. The highest BCUT2D eigenvalue weighted by Gasteiger charge is 2.04. The Labute approximate surface area is 110 Å². The largest absolute Gasteiger partial charge is 0.327 e. The van der Waals surface area contributed by atoms with Gasteiger partial charge in [-0.25, -0.2) is 0 Å². The number of benzene rings is 1. The van der Waals surface area contributed by atoms with Crippen molar-refractivity contribution in [3.05, 3.63) is 47.5 Å². The minimum Gasteiger partial charge on any atom is -0.327 e. The van der Waals surface area contributed by atoms with Gasteiger partial charge < -0.3 is 5.73 Å². The van der Waals surface area contributed by atoms with Crippen molar-refractivity contribution >= 4 is 11.6 Å². The molecule has 1 aromatic rings. The van der Waals surface area contributed by atoms with Crippen LogP contribution < -0.4 is 5.73 Å². The fourth-order valence-corrected chi connectivity index (χ4v) is 2.15. The Bertz CT molecular complexity index is 335. The number of nitrogens with two attached hydrogens (primary N) is 1. The van der Waals surface area contributed by atoms with Crippen molar-refractivity contribution in [2.24, 2.45) is 5.73 Å². The maximum Gasteiger partial charge on any atom is 0.0408 e. The minimum atomic E-state index is 0.247. The van der Waals surface area contributed by atoms with Crippen molar-refractivity contribution in [2.75, 3.05) is 0 Å². The average Bonchev–Trinajstić information content (AvgIpc) is 2.29. The second kappa shape index (κ2) is 8.32. The van der Waals surface area contributed by atoms with Gasteiger partial charge in [-0.3, -0.25) is 0 Å². The molecule has 0 saturated carbocycles. The lowest BCUT2D eigenvalue weighted by Gasteiger charge is -2.11. The molecule has 0 radical (unpaired) electrons. The summed E-state index contributed by atoms with van der Waals surface area (Å²) in [5.74, 6) is 0. The van der Waals surface area contributed by atoms with Crippen LogP contribution in [0.5, 0.6) is 0 Å². The predicted octanol–water partition coefficient (Wildman–Crippen LogP) is 4.35. The molecule has 1 atom stereocenters. The molecule has 0 aromatic heterocycles. The van der Waals surface area contributed by atoms with Crippen LogP contribution in [0.25, 0.3) is 0 Å². The maximum absolute atomic E-state index is 6.11. The lowest BCUT2D eigenvalue weighted by molar-refractivity contribution is 0.551. The van der Waals surface area contributed by atoms with Crippen molar-refractivity contribution in [1.29, 1.82) is 0 Å². The van der Waals surface area contributed by atoms with Crippen molar-refractivity contribution in [3.8, 4) is 0 Å². The normalized spacial score (nSPS) is 12.4. The third-order valence-electron chi connectivity index (χ3n) is 2.87. The Morgan fingerprint density at radius 2 is 2.12 bits per heavy atom. The molecule has 0 amide bonds. The molecule has 0 spiro atoms. The van der Waals surface area contributed by atoms with Gasteiger partial charge in [0.25, 0.3) is 0 Å². The van der Waals surface area contributed by atoms with Gasteiger partial charge in [-0.15, -0.1) is 6.58 Å². The van der Waals surface area contributed by atoms with Crippen molar-refractivity contribution < 1.29 is 0 Å². The molecule has 0 aliphatic rings. The van der Waals surface area contributed by atoms with Crippen molar-refractivity contribution in [3.63, 3.8) is 0 Å². The van der Waals surface area contributed by atoms with Crippen molar-refractivity contribution in [2.45, 2.75) is 44.6 Å². The molecular formula is C15H22ClN. The topological polar surface area (TPSA) is 26.0 Å². The van der Waals surface area contributed by atoms with Gasteiger partial charge in [-0.2, -0.15) is 0 Å². The highest BCUT2D eigenvalue weighted by Crippen LogP contribution is 2.14. The standard InChI is InChI=1S/C15H22ClN/c1-2-3-4-5-6-10-15(17)12-13-8-7-9-14(16)11-13/h2,7-9,11,15H,1,3-6,10,12,17H2. The molecule has 0 bridgehead atoms. The number of allylic oxidation sites excluding steroid dienone is 1. The van der Waals surface area contributed by atoms with E-state index in [0.29, 0.717) is 0 Å². The Balaban J connectivity index is 2.20. The van der Waals surface area contributed by atoms with Crippen LogP contribution in [0.1, 0.15) is 37.7 Å². The molecule has 1 unspecified atom stereocenters. The van der Waals surface area contributed by atoms with Gasteiger partial charge in [-0.05, 0) is 43.4 Å². The van der Waals surface area contributed by atoms with E-state index < -0.39 is 0 Å². The summed E-state index contributed by atoms with van der Waals surface area (Å²) >= 11 is 5.94. The van der Waals surface area contributed by atoms with E-state index in [1.54, 1.807) is 0 Å². The summed E-state index contributed by atoms with van der Waals surface area (Å²) in [5.41, 5.74) is 7.34. The fraction of sp³-hybridized carbons (Fsp3) is 0.467. The number of unbranched alkanes of at least 4 members (excludes halogenated alkanes) is 3. The second-order valence-corrected chi connectivity index (χ2v) is 4.96. The lowest BCUT2D eigenvalue weighted by Crippen LogP contribution is -2.22. The monoisotopic (exact) mass is 251 g/mol. The van der Waals surface area contributed by atoms with E-state index in [1.165, 1.54) is 24.8 Å². The molecule has 2 heteroatoms. The van der Waals surface area contributed by atoms with E-state index >= 15 is 0 Å². The van der Waals surface area contributed by atoms with Crippen LogP contribution >= 0.6 is 11.6 Å². The Hall–Kier alpha value is -0.790. The highest BCUT2D eigenvalue weighted by molar-refractivity contribution is 6.30. The second-order valence-electron chi connectivity index (χ2n) is 4.52. The molecule has 0 heterocycles. The van der Waals surface area contributed by atoms with Crippen LogP contribution in [0, 0.1) is 0 Å². The van der Waals surface area contributed by atoms with Crippen LogP contribution in [-0.2, 0) is 6.42 Å². The minimum absolute atomic E-state index is 0.247. The summed E-state index contributed by atoms with van der Waals surface area (Å²) in [7, 11) is 0. The Morgan fingerprint density at radius 3 is 2.82 bits per heavy atom. The van der Waals surface area contributed by atoms with E-state index in [2.05, 4.69) is 12.6 Å². The van der Waals surface area contributed by atoms with Crippen LogP contribution in [0.4, 0.5) is 0 Å². The first kappa shape index (κ1) is 14.3.